The van der Waals surface area contributed by atoms with Gasteiger partial charge in [-0.25, -0.2) is 4.98 Å². The topological polar surface area (TPSA) is 34.1 Å². The molecule has 0 spiro atoms. The maximum atomic E-state index is 5.54. The lowest BCUT2D eigenvalue weighted by Crippen LogP contribution is -1.91. The van der Waals surface area contributed by atoms with Crippen LogP contribution < -0.4 is 10.1 Å². The van der Waals surface area contributed by atoms with Gasteiger partial charge in [-0.15, -0.1) is 0 Å². The average Bonchev–Trinajstić information content (AvgIpc) is 2.31. The number of aromatic nitrogens is 1. The van der Waals surface area contributed by atoms with E-state index in [9.17, 15) is 0 Å². The second-order valence-electron chi connectivity index (χ2n) is 3.05. The highest BCUT2D eigenvalue weighted by molar-refractivity contribution is 5.41. The van der Waals surface area contributed by atoms with Crippen LogP contribution in [0.15, 0.2) is 48.7 Å². The van der Waals surface area contributed by atoms with Crippen LogP contribution in [0.25, 0.3) is 0 Å². The summed E-state index contributed by atoms with van der Waals surface area (Å²) in [6, 6.07) is 13.4. The molecule has 0 aliphatic heterocycles. The highest BCUT2D eigenvalue weighted by atomic mass is 16.5. The predicted molar refractivity (Wildman–Crippen MR) is 60.3 cm³/mol. The Labute approximate surface area is 88.7 Å². The van der Waals surface area contributed by atoms with Gasteiger partial charge in [-0.05, 0) is 18.2 Å². The van der Waals surface area contributed by atoms with E-state index in [1.165, 1.54) is 0 Å². The summed E-state index contributed by atoms with van der Waals surface area (Å²) >= 11 is 0. The highest BCUT2D eigenvalue weighted by Gasteiger charge is 1.96. The first-order chi connectivity index (χ1) is 7.38. The zero-order chi connectivity index (χ0) is 10.5. The second-order valence-corrected chi connectivity index (χ2v) is 3.05. The van der Waals surface area contributed by atoms with Crippen molar-refractivity contribution >= 4 is 5.69 Å². The zero-order valence-corrected chi connectivity index (χ0v) is 8.47. The fourth-order valence-corrected chi connectivity index (χ4v) is 1.20. The molecule has 15 heavy (non-hydrogen) atoms. The molecule has 0 atom stereocenters. The van der Waals surface area contributed by atoms with Crippen molar-refractivity contribution < 1.29 is 4.74 Å². The Bertz CT molecular complexity index is 411. The van der Waals surface area contributed by atoms with E-state index in [4.69, 9.17) is 4.74 Å². The molecule has 3 heteroatoms. The number of hydrogen-bond donors (Lipinski definition) is 1. The fraction of sp³-hybridized carbons (Fsp3) is 0.0833. The molecule has 0 saturated heterocycles. The SMILES string of the molecule is CNc1ccc(Oc2ccccc2)nc1. The summed E-state index contributed by atoms with van der Waals surface area (Å²) in [4.78, 5) is 4.16. The minimum atomic E-state index is 0.597. The molecule has 0 aliphatic rings. The van der Waals surface area contributed by atoms with Crippen LogP contribution in [0.2, 0.25) is 0 Å². The Morgan fingerprint density at radius 2 is 1.87 bits per heavy atom. The Balaban J connectivity index is 2.11. The molecule has 0 radical (unpaired) electrons. The number of ether oxygens (including phenoxy) is 1. The van der Waals surface area contributed by atoms with Gasteiger partial charge in [-0.1, -0.05) is 18.2 Å². The smallest absolute Gasteiger partial charge is 0.219 e. The first kappa shape index (κ1) is 9.52. The molecular formula is C12H12N2O. The largest absolute Gasteiger partial charge is 0.439 e. The van der Waals surface area contributed by atoms with Crippen molar-refractivity contribution in [3.05, 3.63) is 48.7 Å². The van der Waals surface area contributed by atoms with Gasteiger partial charge in [0.1, 0.15) is 5.75 Å². The molecule has 0 unspecified atom stereocenters. The third kappa shape index (κ3) is 2.47. The number of hydrogen-bond acceptors (Lipinski definition) is 3. The van der Waals surface area contributed by atoms with E-state index in [0.29, 0.717) is 5.88 Å². The van der Waals surface area contributed by atoms with Gasteiger partial charge in [0.25, 0.3) is 0 Å². The Kier molecular flexibility index (Phi) is 2.83. The first-order valence-corrected chi connectivity index (χ1v) is 4.75. The predicted octanol–water partition coefficient (Wildman–Crippen LogP) is 2.92. The molecule has 0 fully saturated rings. The van der Waals surface area contributed by atoms with Gasteiger partial charge in [0, 0.05) is 13.1 Å². The molecule has 3 nitrogen and oxygen atoms in total. The van der Waals surface area contributed by atoms with Crippen molar-refractivity contribution in [2.24, 2.45) is 0 Å². The maximum Gasteiger partial charge on any atom is 0.219 e. The molecule has 0 amide bonds. The summed E-state index contributed by atoms with van der Waals surface area (Å²) in [7, 11) is 1.86. The Morgan fingerprint density at radius 1 is 1.07 bits per heavy atom. The molecule has 76 valence electrons. The van der Waals surface area contributed by atoms with Crippen molar-refractivity contribution in [1.29, 1.82) is 0 Å². The lowest BCUT2D eigenvalue weighted by Gasteiger charge is -2.04. The number of benzene rings is 1. The molecule has 1 aromatic heterocycles. The standard InChI is InChI=1S/C12H12N2O/c1-13-10-7-8-12(14-9-10)15-11-5-3-2-4-6-11/h2-9,13H,1H3. The molecular weight excluding hydrogens is 188 g/mol. The number of anilines is 1. The van der Waals surface area contributed by atoms with E-state index in [-0.39, 0.29) is 0 Å². The lowest BCUT2D eigenvalue weighted by molar-refractivity contribution is 0.463. The Hall–Kier alpha value is -2.03. The Morgan fingerprint density at radius 3 is 2.47 bits per heavy atom. The van der Waals surface area contributed by atoms with E-state index in [2.05, 4.69) is 10.3 Å². The third-order valence-electron chi connectivity index (χ3n) is 1.99. The number of nitrogens with zero attached hydrogens (tertiary/aromatic N) is 1. The van der Waals surface area contributed by atoms with Gasteiger partial charge in [0.2, 0.25) is 5.88 Å². The van der Waals surface area contributed by atoms with Gasteiger partial charge in [0.15, 0.2) is 0 Å². The summed E-state index contributed by atoms with van der Waals surface area (Å²) < 4.78 is 5.54. The van der Waals surface area contributed by atoms with Crippen LogP contribution in [-0.2, 0) is 0 Å². The van der Waals surface area contributed by atoms with Gasteiger partial charge in [-0.2, -0.15) is 0 Å². The van der Waals surface area contributed by atoms with Crippen molar-refractivity contribution in [2.75, 3.05) is 12.4 Å². The summed E-state index contributed by atoms with van der Waals surface area (Å²) in [5.41, 5.74) is 0.968. The molecule has 1 aromatic carbocycles. The van der Waals surface area contributed by atoms with Gasteiger partial charge >= 0.3 is 0 Å². The van der Waals surface area contributed by atoms with Crippen LogP contribution in [0.1, 0.15) is 0 Å². The monoisotopic (exact) mass is 200 g/mol. The van der Waals surface area contributed by atoms with Gasteiger partial charge in [-0.3, -0.25) is 0 Å². The van der Waals surface area contributed by atoms with Crippen molar-refractivity contribution in [1.82, 2.24) is 4.98 Å². The molecule has 2 rings (SSSR count). The van der Waals surface area contributed by atoms with E-state index in [1.54, 1.807) is 6.20 Å². The van der Waals surface area contributed by atoms with Gasteiger partial charge in [0.05, 0.1) is 11.9 Å². The molecule has 0 bridgehead atoms. The highest BCUT2D eigenvalue weighted by Crippen LogP contribution is 2.19. The minimum absolute atomic E-state index is 0.597. The van der Waals surface area contributed by atoms with Crippen LogP contribution in [0.4, 0.5) is 5.69 Å². The number of rotatable bonds is 3. The van der Waals surface area contributed by atoms with Crippen molar-refractivity contribution in [2.45, 2.75) is 0 Å². The quantitative estimate of drug-likeness (QED) is 0.827. The van der Waals surface area contributed by atoms with Crippen molar-refractivity contribution in [3.63, 3.8) is 0 Å². The summed E-state index contributed by atoms with van der Waals surface area (Å²) in [5.74, 6) is 1.39. The molecule has 2 aromatic rings. The zero-order valence-electron chi connectivity index (χ0n) is 8.47. The van der Waals surface area contributed by atoms with Crippen LogP contribution in [0.3, 0.4) is 0 Å². The van der Waals surface area contributed by atoms with Crippen LogP contribution in [0, 0.1) is 0 Å². The number of pyridine rings is 1. The third-order valence-corrected chi connectivity index (χ3v) is 1.99. The van der Waals surface area contributed by atoms with Crippen LogP contribution in [0.5, 0.6) is 11.6 Å². The summed E-state index contributed by atoms with van der Waals surface area (Å²) in [6.07, 6.45) is 1.73. The molecule has 0 aliphatic carbocycles. The summed E-state index contributed by atoms with van der Waals surface area (Å²) in [6.45, 7) is 0. The maximum absolute atomic E-state index is 5.54. The molecule has 0 saturated carbocycles. The molecule has 1 heterocycles. The van der Waals surface area contributed by atoms with Crippen LogP contribution in [-0.4, -0.2) is 12.0 Å². The van der Waals surface area contributed by atoms with Crippen LogP contribution >= 0.6 is 0 Å². The van der Waals surface area contributed by atoms with Crippen molar-refractivity contribution in [3.8, 4) is 11.6 Å². The van der Waals surface area contributed by atoms with Gasteiger partial charge < -0.3 is 10.1 Å². The van der Waals surface area contributed by atoms with E-state index in [1.807, 2.05) is 49.5 Å². The first-order valence-electron chi connectivity index (χ1n) is 4.75. The normalized spacial score (nSPS) is 9.67. The van der Waals surface area contributed by atoms with E-state index >= 15 is 0 Å². The summed E-state index contributed by atoms with van der Waals surface area (Å²) in [5, 5.41) is 3.00. The van der Waals surface area contributed by atoms with E-state index < -0.39 is 0 Å². The fourth-order valence-electron chi connectivity index (χ4n) is 1.20. The second kappa shape index (κ2) is 4.46. The lowest BCUT2D eigenvalue weighted by atomic mass is 10.3. The number of nitrogens with one attached hydrogen (secondary N) is 1. The minimum Gasteiger partial charge on any atom is -0.439 e. The molecule has 1 N–H and O–H groups in total. The average molecular weight is 200 g/mol. The van der Waals surface area contributed by atoms with E-state index in [0.717, 1.165) is 11.4 Å². The number of para-hydroxylation sites is 1.